The number of hydrogen-bond acceptors (Lipinski definition) is 3. The van der Waals surface area contributed by atoms with Crippen molar-refractivity contribution in [1.29, 1.82) is 0 Å². The van der Waals surface area contributed by atoms with Gasteiger partial charge in [-0.05, 0) is 12.8 Å². The van der Waals surface area contributed by atoms with Crippen molar-refractivity contribution in [2.75, 3.05) is 6.61 Å². The first-order valence-electron chi connectivity index (χ1n) is 4.47. The van der Waals surface area contributed by atoms with Crippen molar-refractivity contribution >= 4 is 6.29 Å². The molecule has 4 heteroatoms. The minimum Gasteiger partial charge on any atom is -0.376 e. The van der Waals surface area contributed by atoms with Gasteiger partial charge in [0.25, 0.3) is 0 Å². The fraction of sp³-hybridized carbons (Fsp3) is 0.556. The van der Waals surface area contributed by atoms with Crippen molar-refractivity contribution in [3.8, 4) is 0 Å². The van der Waals surface area contributed by atoms with Crippen LogP contribution in [0, 0.1) is 0 Å². The molecular formula is C9H12N2O2. The van der Waals surface area contributed by atoms with Crippen LogP contribution in [0.25, 0.3) is 0 Å². The fourth-order valence-electron chi connectivity index (χ4n) is 1.56. The number of imidazole rings is 1. The molecule has 0 amide bonds. The van der Waals surface area contributed by atoms with Crippen LogP contribution in [-0.2, 0) is 11.3 Å². The van der Waals surface area contributed by atoms with E-state index in [0.717, 1.165) is 32.3 Å². The molecule has 0 saturated carbocycles. The normalized spacial score (nSPS) is 22.0. The van der Waals surface area contributed by atoms with E-state index in [0.29, 0.717) is 11.8 Å². The second kappa shape index (κ2) is 3.70. The highest BCUT2D eigenvalue weighted by Gasteiger charge is 2.15. The van der Waals surface area contributed by atoms with Crippen molar-refractivity contribution in [1.82, 2.24) is 9.55 Å². The van der Waals surface area contributed by atoms with Gasteiger partial charge in [0.05, 0.1) is 12.4 Å². The number of hydrogen-bond donors (Lipinski definition) is 0. The summed E-state index contributed by atoms with van der Waals surface area (Å²) in [5, 5.41) is 0. The molecule has 0 bridgehead atoms. The van der Waals surface area contributed by atoms with E-state index in [1.807, 2.05) is 4.57 Å². The summed E-state index contributed by atoms with van der Waals surface area (Å²) in [4.78, 5) is 14.3. The molecular weight excluding hydrogens is 168 g/mol. The fourth-order valence-corrected chi connectivity index (χ4v) is 1.56. The first-order valence-corrected chi connectivity index (χ1v) is 4.47. The highest BCUT2D eigenvalue weighted by molar-refractivity contribution is 5.70. The van der Waals surface area contributed by atoms with Crippen LogP contribution in [0.5, 0.6) is 0 Å². The molecule has 0 radical (unpaired) electrons. The first-order chi connectivity index (χ1) is 6.38. The predicted molar refractivity (Wildman–Crippen MR) is 46.6 cm³/mol. The topological polar surface area (TPSA) is 44.1 Å². The van der Waals surface area contributed by atoms with Crippen molar-refractivity contribution in [3.63, 3.8) is 0 Å². The Morgan fingerprint density at radius 2 is 2.69 bits per heavy atom. The van der Waals surface area contributed by atoms with E-state index >= 15 is 0 Å². The molecule has 0 aromatic carbocycles. The molecule has 13 heavy (non-hydrogen) atoms. The minimum atomic E-state index is 0.300. The minimum absolute atomic E-state index is 0.300. The van der Waals surface area contributed by atoms with Crippen LogP contribution in [-0.4, -0.2) is 28.5 Å². The van der Waals surface area contributed by atoms with Crippen molar-refractivity contribution in [2.24, 2.45) is 0 Å². The molecule has 0 N–H and O–H groups in total. The van der Waals surface area contributed by atoms with Crippen LogP contribution in [0.15, 0.2) is 12.5 Å². The molecule has 1 aliphatic heterocycles. The van der Waals surface area contributed by atoms with E-state index in [1.54, 1.807) is 12.5 Å². The van der Waals surface area contributed by atoms with E-state index in [1.165, 1.54) is 0 Å². The van der Waals surface area contributed by atoms with Crippen LogP contribution >= 0.6 is 0 Å². The first kappa shape index (κ1) is 8.44. The van der Waals surface area contributed by atoms with Crippen LogP contribution in [0.4, 0.5) is 0 Å². The Morgan fingerprint density at radius 1 is 1.77 bits per heavy atom. The standard InChI is InChI=1S/C9H12N2O2/c12-6-8-4-11(7-10-8)5-9-2-1-3-13-9/h4,6-7,9H,1-3,5H2/t9-/m0/s1. The monoisotopic (exact) mass is 180 g/mol. The summed E-state index contributed by atoms with van der Waals surface area (Å²) in [5.74, 6) is 0. The van der Waals surface area contributed by atoms with Gasteiger partial charge in [0.2, 0.25) is 0 Å². The van der Waals surface area contributed by atoms with E-state index < -0.39 is 0 Å². The Labute approximate surface area is 76.5 Å². The lowest BCUT2D eigenvalue weighted by Crippen LogP contribution is -2.13. The summed E-state index contributed by atoms with van der Waals surface area (Å²) in [6.07, 6.45) is 6.72. The van der Waals surface area contributed by atoms with Crippen LogP contribution < -0.4 is 0 Å². The molecule has 1 saturated heterocycles. The Bertz CT molecular complexity index is 290. The van der Waals surface area contributed by atoms with E-state index in [2.05, 4.69) is 4.98 Å². The lowest BCUT2D eigenvalue weighted by atomic mass is 10.2. The molecule has 1 fully saturated rings. The molecule has 1 aromatic heterocycles. The second-order valence-corrected chi connectivity index (χ2v) is 3.25. The van der Waals surface area contributed by atoms with Gasteiger partial charge >= 0.3 is 0 Å². The van der Waals surface area contributed by atoms with Gasteiger partial charge in [-0.2, -0.15) is 0 Å². The molecule has 0 aliphatic carbocycles. The summed E-state index contributed by atoms with van der Waals surface area (Å²) in [6, 6.07) is 0. The molecule has 0 unspecified atom stereocenters. The zero-order chi connectivity index (χ0) is 9.10. The molecule has 70 valence electrons. The number of carbonyl (C=O) groups excluding carboxylic acids is 1. The average Bonchev–Trinajstić information content (AvgIpc) is 2.76. The molecule has 1 aliphatic rings. The molecule has 0 spiro atoms. The van der Waals surface area contributed by atoms with Gasteiger partial charge in [0.15, 0.2) is 6.29 Å². The van der Waals surface area contributed by atoms with Gasteiger partial charge in [-0.25, -0.2) is 4.98 Å². The zero-order valence-electron chi connectivity index (χ0n) is 7.35. The summed E-state index contributed by atoms with van der Waals surface area (Å²) in [7, 11) is 0. The maximum absolute atomic E-state index is 10.3. The Balaban J connectivity index is 1.96. The van der Waals surface area contributed by atoms with E-state index in [4.69, 9.17) is 4.74 Å². The Hall–Kier alpha value is -1.16. The zero-order valence-corrected chi connectivity index (χ0v) is 7.35. The number of ether oxygens (including phenoxy) is 1. The van der Waals surface area contributed by atoms with Gasteiger partial charge in [0, 0.05) is 19.3 Å². The van der Waals surface area contributed by atoms with Gasteiger partial charge in [-0.15, -0.1) is 0 Å². The number of nitrogens with zero attached hydrogens (tertiary/aromatic N) is 2. The molecule has 2 rings (SSSR count). The summed E-state index contributed by atoms with van der Waals surface area (Å²) in [6.45, 7) is 1.67. The Kier molecular flexibility index (Phi) is 2.40. The van der Waals surface area contributed by atoms with Gasteiger partial charge in [-0.1, -0.05) is 0 Å². The second-order valence-electron chi connectivity index (χ2n) is 3.25. The lowest BCUT2D eigenvalue weighted by molar-refractivity contribution is 0.0969. The number of aromatic nitrogens is 2. The van der Waals surface area contributed by atoms with Crippen LogP contribution in [0.1, 0.15) is 23.3 Å². The molecule has 2 heterocycles. The summed E-state index contributed by atoms with van der Waals surface area (Å²) >= 11 is 0. The number of aldehydes is 1. The average molecular weight is 180 g/mol. The molecule has 1 aromatic rings. The maximum Gasteiger partial charge on any atom is 0.169 e. The number of rotatable bonds is 3. The maximum atomic E-state index is 10.3. The lowest BCUT2D eigenvalue weighted by Gasteiger charge is -2.08. The van der Waals surface area contributed by atoms with Crippen LogP contribution in [0.2, 0.25) is 0 Å². The third kappa shape index (κ3) is 1.95. The summed E-state index contributed by atoms with van der Waals surface area (Å²) in [5.41, 5.74) is 0.484. The van der Waals surface area contributed by atoms with E-state index in [9.17, 15) is 4.79 Å². The van der Waals surface area contributed by atoms with Gasteiger partial charge in [-0.3, -0.25) is 4.79 Å². The molecule has 4 nitrogen and oxygen atoms in total. The quantitative estimate of drug-likeness (QED) is 0.648. The predicted octanol–water partition coefficient (Wildman–Crippen LogP) is 0.875. The third-order valence-electron chi connectivity index (χ3n) is 2.21. The summed E-state index contributed by atoms with van der Waals surface area (Å²) < 4.78 is 7.37. The van der Waals surface area contributed by atoms with Crippen molar-refractivity contribution in [2.45, 2.75) is 25.5 Å². The van der Waals surface area contributed by atoms with Gasteiger partial charge < -0.3 is 9.30 Å². The highest BCUT2D eigenvalue weighted by Crippen LogP contribution is 2.13. The SMILES string of the molecule is O=Cc1cn(C[C@@H]2CCCO2)cn1. The van der Waals surface area contributed by atoms with Crippen molar-refractivity contribution in [3.05, 3.63) is 18.2 Å². The van der Waals surface area contributed by atoms with Crippen LogP contribution in [0.3, 0.4) is 0 Å². The smallest absolute Gasteiger partial charge is 0.169 e. The third-order valence-corrected chi connectivity index (χ3v) is 2.21. The number of carbonyl (C=O) groups is 1. The largest absolute Gasteiger partial charge is 0.376 e. The van der Waals surface area contributed by atoms with Crippen molar-refractivity contribution < 1.29 is 9.53 Å². The van der Waals surface area contributed by atoms with E-state index in [-0.39, 0.29) is 0 Å². The Morgan fingerprint density at radius 3 is 3.31 bits per heavy atom. The molecule has 1 atom stereocenters. The van der Waals surface area contributed by atoms with Gasteiger partial charge in [0.1, 0.15) is 5.69 Å². The highest BCUT2D eigenvalue weighted by atomic mass is 16.5.